The second-order valence-corrected chi connectivity index (χ2v) is 6.56. The molecule has 0 radical (unpaired) electrons. The standard InChI is InChI=1S/C13H27NO2/c1-11(2)9-13(5,16-8-7-15)10-12(3,4)14(11)6/h15H,7-10H2,1-6H3. The number of hydrogen-bond donors (Lipinski definition) is 1. The Bertz CT molecular complexity index is 230. The van der Waals surface area contributed by atoms with E-state index < -0.39 is 0 Å². The highest BCUT2D eigenvalue weighted by Gasteiger charge is 2.48. The molecule has 0 bridgehead atoms. The predicted octanol–water partition coefficient (Wildman–Crippen LogP) is 2.04. The lowest BCUT2D eigenvalue weighted by molar-refractivity contribution is -0.150. The van der Waals surface area contributed by atoms with Crippen LogP contribution in [0.1, 0.15) is 47.5 Å². The summed E-state index contributed by atoms with van der Waals surface area (Å²) in [5.41, 5.74) is 0.139. The highest BCUT2D eigenvalue weighted by Crippen LogP contribution is 2.43. The van der Waals surface area contributed by atoms with Crippen molar-refractivity contribution in [2.24, 2.45) is 0 Å². The summed E-state index contributed by atoms with van der Waals surface area (Å²) >= 11 is 0. The summed E-state index contributed by atoms with van der Waals surface area (Å²) in [5.74, 6) is 0. The van der Waals surface area contributed by atoms with Crippen molar-refractivity contribution in [1.29, 1.82) is 0 Å². The van der Waals surface area contributed by atoms with Crippen LogP contribution in [-0.2, 0) is 4.74 Å². The molecule has 3 heteroatoms. The fourth-order valence-corrected chi connectivity index (χ4v) is 3.34. The van der Waals surface area contributed by atoms with Crippen LogP contribution < -0.4 is 0 Å². The van der Waals surface area contributed by atoms with Gasteiger partial charge in [-0.25, -0.2) is 0 Å². The van der Waals surface area contributed by atoms with Gasteiger partial charge in [-0.3, -0.25) is 4.90 Å². The SMILES string of the molecule is CN1C(C)(C)CC(C)(OCCO)CC1(C)C. The van der Waals surface area contributed by atoms with Gasteiger partial charge in [0.25, 0.3) is 0 Å². The van der Waals surface area contributed by atoms with Crippen LogP contribution in [0.25, 0.3) is 0 Å². The number of ether oxygens (including phenoxy) is 1. The van der Waals surface area contributed by atoms with Crippen LogP contribution in [0.5, 0.6) is 0 Å². The third-order valence-corrected chi connectivity index (χ3v) is 3.97. The molecular formula is C13H27NO2. The minimum absolute atomic E-state index is 0.103. The minimum atomic E-state index is -0.123. The molecule has 0 unspecified atom stereocenters. The van der Waals surface area contributed by atoms with Gasteiger partial charge in [0.05, 0.1) is 18.8 Å². The van der Waals surface area contributed by atoms with Gasteiger partial charge in [-0.15, -0.1) is 0 Å². The van der Waals surface area contributed by atoms with Crippen LogP contribution in [0.4, 0.5) is 0 Å². The molecule has 1 fully saturated rings. The number of piperidine rings is 1. The molecule has 1 saturated heterocycles. The molecule has 0 saturated carbocycles. The van der Waals surface area contributed by atoms with Crippen molar-refractivity contribution < 1.29 is 9.84 Å². The van der Waals surface area contributed by atoms with E-state index in [4.69, 9.17) is 9.84 Å². The molecule has 96 valence electrons. The summed E-state index contributed by atoms with van der Waals surface area (Å²) in [7, 11) is 2.19. The Balaban J connectivity index is 2.85. The molecule has 0 aromatic rings. The second kappa shape index (κ2) is 4.28. The van der Waals surface area contributed by atoms with Crippen LogP contribution >= 0.6 is 0 Å². The Kier molecular flexibility index (Phi) is 3.73. The largest absolute Gasteiger partial charge is 0.394 e. The normalized spacial score (nSPS) is 27.9. The summed E-state index contributed by atoms with van der Waals surface area (Å²) in [6.45, 7) is 11.7. The summed E-state index contributed by atoms with van der Waals surface area (Å²) in [4.78, 5) is 2.43. The Morgan fingerprint density at radius 1 is 1.06 bits per heavy atom. The molecule has 0 spiro atoms. The predicted molar refractivity (Wildman–Crippen MR) is 66.6 cm³/mol. The van der Waals surface area contributed by atoms with Gasteiger partial charge in [-0.05, 0) is 54.5 Å². The number of aliphatic hydroxyl groups is 1. The van der Waals surface area contributed by atoms with Gasteiger partial charge < -0.3 is 9.84 Å². The van der Waals surface area contributed by atoms with Crippen molar-refractivity contribution in [3.63, 3.8) is 0 Å². The first-order valence-electron chi connectivity index (χ1n) is 6.12. The van der Waals surface area contributed by atoms with E-state index in [1.54, 1.807) is 0 Å². The van der Waals surface area contributed by atoms with E-state index in [2.05, 4.69) is 46.6 Å². The fourth-order valence-electron chi connectivity index (χ4n) is 3.34. The maximum Gasteiger partial charge on any atom is 0.0705 e. The second-order valence-electron chi connectivity index (χ2n) is 6.56. The van der Waals surface area contributed by atoms with Crippen molar-refractivity contribution >= 4 is 0 Å². The maximum atomic E-state index is 8.89. The lowest BCUT2D eigenvalue weighted by atomic mass is 9.72. The molecule has 0 aromatic carbocycles. The number of rotatable bonds is 3. The molecule has 3 nitrogen and oxygen atoms in total. The van der Waals surface area contributed by atoms with Gasteiger partial charge in [0.15, 0.2) is 0 Å². The number of nitrogens with zero attached hydrogens (tertiary/aromatic N) is 1. The van der Waals surface area contributed by atoms with E-state index in [-0.39, 0.29) is 23.3 Å². The highest BCUT2D eigenvalue weighted by molar-refractivity contribution is 5.04. The Morgan fingerprint density at radius 2 is 1.50 bits per heavy atom. The smallest absolute Gasteiger partial charge is 0.0705 e. The Morgan fingerprint density at radius 3 is 1.88 bits per heavy atom. The average molecular weight is 229 g/mol. The van der Waals surface area contributed by atoms with Crippen LogP contribution in [0, 0.1) is 0 Å². The van der Waals surface area contributed by atoms with E-state index in [1.165, 1.54) is 0 Å². The summed E-state index contributed by atoms with van der Waals surface area (Å²) in [6.07, 6.45) is 2.00. The molecule has 0 aromatic heterocycles. The lowest BCUT2D eigenvalue weighted by Gasteiger charge is -2.57. The van der Waals surface area contributed by atoms with Crippen molar-refractivity contribution in [3.05, 3.63) is 0 Å². The van der Waals surface area contributed by atoms with E-state index in [9.17, 15) is 0 Å². The molecule has 1 aliphatic heterocycles. The molecular weight excluding hydrogens is 202 g/mol. The minimum Gasteiger partial charge on any atom is -0.394 e. The molecule has 16 heavy (non-hydrogen) atoms. The van der Waals surface area contributed by atoms with E-state index in [1.807, 2.05) is 0 Å². The van der Waals surface area contributed by atoms with E-state index in [0.29, 0.717) is 6.61 Å². The average Bonchev–Trinajstić information content (AvgIpc) is 2.10. The molecule has 0 aliphatic carbocycles. The van der Waals surface area contributed by atoms with Crippen LogP contribution in [0.3, 0.4) is 0 Å². The molecule has 0 amide bonds. The monoisotopic (exact) mass is 229 g/mol. The van der Waals surface area contributed by atoms with Gasteiger partial charge >= 0.3 is 0 Å². The van der Waals surface area contributed by atoms with Gasteiger partial charge in [0, 0.05) is 11.1 Å². The van der Waals surface area contributed by atoms with Crippen molar-refractivity contribution in [3.8, 4) is 0 Å². The first kappa shape index (κ1) is 13.9. The van der Waals surface area contributed by atoms with E-state index >= 15 is 0 Å². The summed E-state index contributed by atoms with van der Waals surface area (Å²) in [5, 5.41) is 8.89. The third kappa shape index (κ3) is 2.76. The summed E-state index contributed by atoms with van der Waals surface area (Å²) < 4.78 is 5.86. The Labute approximate surface area is 99.8 Å². The van der Waals surface area contributed by atoms with Gasteiger partial charge in [-0.2, -0.15) is 0 Å². The zero-order valence-electron chi connectivity index (χ0n) is 11.6. The highest BCUT2D eigenvalue weighted by atomic mass is 16.5. The molecule has 0 atom stereocenters. The molecule has 1 rings (SSSR count). The zero-order valence-corrected chi connectivity index (χ0v) is 11.6. The maximum absolute atomic E-state index is 8.89. The van der Waals surface area contributed by atoms with Crippen LogP contribution in [-0.4, -0.2) is 46.9 Å². The lowest BCUT2D eigenvalue weighted by Crippen LogP contribution is -2.63. The quantitative estimate of drug-likeness (QED) is 0.804. The Hall–Kier alpha value is -0.120. The van der Waals surface area contributed by atoms with Crippen LogP contribution in [0.2, 0.25) is 0 Å². The van der Waals surface area contributed by atoms with E-state index in [0.717, 1.165) is 12.8 Å². The van der Waals surface area contributed by atoms with Gasteiger partial charge in [-0.1, -0.05) is 0 Å². The van der Waals surface area contributed by atoms with Crippen LogP contribution in [0.15, 0.2) is 0 Å². The molecule has 1 aliphatic rings. The van der Waals surface area contributed by atoms with Crippen molar-refractivity contribution in [1.82, 2.24) is 4.90 Å². The van der Waals surface area contributed by atoms with Gasteiger partial charge in [0.2, 0.25) is 0 Å². The number of aliphatic hydroxyl groups excluding tert-OH is 1. The number of likely N-dealkylation sites (tertiary alicyclic amines) is 1. The van der Waals surface area contributed by atoms with Gasteiger partial charge in [0.1, 0.15) is 0 Å². The van der Waals surface area contributed by atoms with Crippen molar-refractivity contribution in [2.75, 3.05) is 20.3 Å². The zero-order chi connectivity index (χ0) is 12.6. The fraction of sp³-hybridized carbons (Fsp3) is 1.00. The first-order chi connectivity index (χ1) is 7.13. The van der Waals surface area contributed by atoms with Crippen molar-refractivity contribution in [2.45, 2.75) is 64.1 Å². The topological polar surface area (TPSA) is 32.7 Å². The first-order valence-corrected chi connectivity index (χ1v) is 6.12. The molecule has 1 N–H and O–H groups in total. The summed E-state index contributed by atoms with van der Waals surface area (Å²) in [6, 6.07) is 0. The molecule has 1 heterocycles. The number of hydrogen-bond acceptors (Lipinski definition) is 3. The third-order valence-electron chi connectivity index (χ3n) is 3.97.